The zero-order chi connectivity index (χ0) is 19.2. The summed E-state index contributed by atoms with van der Waals surface area (Å²) < 4.78 is 5.20. The van der Waals surface area contributed by atoms with Crippen molar-refractivity contribution in [1.82, 2.24) is 19.9 Å². The van der Waals surface area contributed by atoms with E-state index in [1.807, 2.05) is 42.5 Å². The first kappa shape index (κ1) is 17.7. The van der Waals surface area contributed by atoms with Crippen LogP contribution >= 0.6 is 0 Å². The molecule has 2 heterocycles. The summed E-state index contributed by atoms with van der Waals surface area (Å²) in [7, 11) is 1.64. The van der Waals surface area contributed by atoms with E-state index in [1.165, 1.54) is 5.56 Å². The smallest absolute Gasteiger partial charge is 0.226 e. The van der Waals surface area contributed by atoms with Crippen molar-refractivity contribution in [3.05, 3.63) is 72.6 Å². The first-order chi connectivity index (χ1) is 13.8. The quantitative estimate of drug-likeness (QED) is 0.510. The van der Waals surface area contributed by atoms with Crippen LogP contribution in [0.1, 0.15) is 5.56 Å². The van der Waals surface area contributed by atoms with Gasteiger partial charge >= 0.3 is 0 Å². The molecule has 2 N–H and O–H groups in total. The number of anilines is 3. The minimum Gasteiger partial charge on any atom is -0.497 e. The third kappa shape index (κ3) is 4.15. The Morgan fingerprint density at radius 2 is 1.68 bits per heavy atom. The van der Waals surface area contributed by atoms with Crippen molar-refractivity contribution in [3.8, 4) is 5.75 Å². The molecule has 4 aromatic rings. The maximum Gasteiger partial charge on any atom is 0.226 e. The number of ether oxygens (including phenoxy) is 1. The van der Waals surface area contributed by atoms with Crippen molar-refractivity contribution in [3.63, 3.8) is 0 Å². The Morgan fingerprint density at radius 1 is 0.893 bits per heavy atom. The highest BCUT2D eigenvalue weighted by Crippen LogP contribution is 2.24. The Morgan fingerprint density at radius 3 is 2.46 bits per heavy atom. The molecule has 0 fully saturated rings. The van der Waals surface area contributed by atoms with Gasteiger partial charge in [-0.15, -0.1) is 0 Å². The lowest BCUT2D eigenvalue weighted by atomic mass is 10.1. The Bertz CT molecular complexity index is 1050. The molecule has 7 heteroatoms. The number of aromatic nitrogens is 4. The van der Waals surface area contributed by atoms with E-state index in [2.05, 4.69) is 42.7 Å². The summed E-state index contributed by atoms with van der Waals surface area (Å²) in [4.78, 5) is 17.8. The fourth-order valence-corrected chi connectivity index (χ4v) is 2.80. The van der Waals surface area contributed by atoms with Gasteiger partial charge in [0.25, 0.3) is 0 Å². The normalized spacial score (nSPS) is 10.6. The van der Waals surface area contributed by atoms with Crippen molar-refractivity contribution >= 4 is 28.6 Å². The van der Waals surface area contributed by atoms with E-state index in [1.54, 1.807) is 19.5 Å². The Hall–Kier alpha value is -3.74. The second-order valence-electron chi connectivity index (χ2n) is 6.14. The van der Waals surface area contributed by atoms with E-state index in [0.29, 0.717) is 22.9 Å². The minimum atomic E-state index is 0.514. The van der Waals surface area contributed by atoms with Gasteiger partial charge in [-0.3, -0.25) is 0 Å². The van der Waals surface area contributed by atoms with Gasteiger partial charge < -0.3 is 15.4 Å². The Labute approximate surface area is 162 Å². The molecular formula is C21H20N6O. The van der Waals surface area contributed by atoms with Gasteiger partial charge in [0.05, 0.1) is 7.11 Å². The van der Waals surface area contributed by atoms with Crippen molar-refractivity contribution in [2.45, 2.75) is 6.42 Å². The van der Waals surface area contributed by atoms with Crippen LogP contribution in [-0.4, -0.2) is 33.6 Å². The molecule has 0 aliphatic carbocycles. The molecular weight excluding hydrogens is 352 g/mol. The van der Waals surface area contributed by atoms with Gasteiger partial charge in [0.1, 0.15) is 5.75 Å². The van der Waals surface area contributed by atoms with Gasteiger partial charge in [-0.05, 0) is 36.2 Å². The number of hydrogen-bond acceptors (Lipinski definition) is 7. The maximum absolute atomic E-state index is 5.20. The van der Waals surface area contributed by atoms with Gasteiger partial charge in [0.15, 0.2) is 17.0 Å². The average Bonchev–Trinajstić information content (AvgIpc) is 2.75. The van der Waals surface area contributed by atoms with Crippen LogP contribution in [0.2, 0.25) is 0 Å². The predicted molar refractivity (Wildman–Crippen MR) is 110 cm³/mol. The Balaban J connectivity index is 1.55. The molecule has 0 unspecified atom stereocenters. The van der Waals surface area contributed by atoms with E-state index in [4.69, 9.17) is 4.74 Å². The lowest BCUT2D eigenvalue weighted by Gasteiger charge is -2.11. The first-order valence-electron chi connectivity index (χ1n) is 8.99. The summed E-state index contributed by atoms with van der Waals surface area (Å²) in [5.41, 5.74) is 3.29. The molecule has 0 atom stereocenters. The topological polar surface area (TPSA) is 84.9 Å². The largest absolute Gasteiger partial charge is 0.497 e. The summed E-state index contributed by atoms with van der Waals surface area (Å²) in [5, 5.41) is 6.58. The van der Waals surface area contributed by atoms with Crippen LogP contribution in [-0.2, 0) is 6.42 Å². The molecule has 4 rings (SSSR count). The van der Waals surface area contributed by atoms with E-state index >= 15 is 0 Å². The van der Waals surface area contributed by atoms with Crippen molar-refractivity contribution in [1.29, 1.82) is 0 Å². The fourth-order valence-electron chi connectivity index (χ4n) is 2.80. The molecule has 140 valence electrons. The lowest BCUT2D eigenvalue weighted by Crippen LogP contribution is -2.10. The summed E-state index contributed by atoms with van der Waals surface area (Å²) >= 11 is 0. The monoisotopic (exact) mass is 372 g/mol. The second kappa shape index (κ2) is 8.30. The highest BCUT2D eigenvalue weighted by molar-refractivity contribution is 5.85. The second-order valence-corrected chi connectivity index (χ2v) is 6.14. The number of nitrogens with one attached hydrogen (secondary N) is 2. The van der Waals surface area contributed by atoms with E-state index in [-0.39, 0.29) is 0 Å². The fraction of sp³-hybridized carbons (Fsp3) is 0.143. The first-order valence-corrected chi connectivity index (χ1v) is 8.99. The molecule has 0 spiro atoms. The van der Waals surface area contributed by atoms with Crippen LogP contribution in [0.5, 0.6) is 5.75 Å². The summed E-state index contributed by atoms with van der Waals surface area (Å²) in [6.45, 7) is 0.720. The van der Waals surface area contributed by atoms with E-state index in [0.717, 1.165) is 24.4 Å². The molecule has 0 aliphatic heterocycles. The third-order valence-electron chi connectivity index (χ3n) is 4.23. The molecule has 7 nitrogen and oxygen atoms in total. The van der Waals surface area contributed by atoms with Crippen LogP contribution in [0, 0.1) is 0 Å². The van der Waals surface area contributed by atoms with Crippen molar-refractivity contribution < 1.29 is 4.74 Å². The van der Waals surface area contributed by atoms with Crippen molar-refractivity contribution in [2.24, 2.45) is 0 Å². The average molecular weight is 372 g/mol. The summed E-state index contributed by atoms with van der Waals surface area (Å²) in [5.74, 6) is 1.91. The number of fused-ring (bicyclic) bond motifs is 1. The van der Waals surface area contributed by atoms with Crippen LogP contribution in [0.3, 0.4) is 0 Å². The molecule has 0 radical (unpaired) electrons. The van der Waals surface area contributed by atoms with E-state index in [9.17, 15) is 0 Å². The zero-order valence-corrected chi connectivity index (χ0v) is 15.5. The Kier molecular flexibility index (Phi) is 5.24. The number of hydrogen-bond donors (Lipinski definition) is 2. The predicted octanol–water partition coefficient (Wildman–Crippen LogP) is 3.83. The van der Waals surface area contributed by atoms with Crippen molar-refractivity contribution in [2.75, 3.05) is 24.3 Å². The van der Waals surface area contributed by atoms with Gasteiger partial charge in [-0.1, -0.05) is 30.3 Å². The van der Waals surface area contributed by atoms with Crippen LogP contribution < -0.4 is 15.4 Å². The highest BCUT2D eigenvalue weighted by Gasteiger charge is 2.10. The van der Waals surface area contributed by atoms with Gasteiger partial charge in [-0.25, -0.2) is 9.97 Å². The molecule has 0 aliphatic rings. The maximum atomic E-state index is 5.20. The van der Waals surface area contributed by atoms with Gasteiger partial charge in [-0.2, -0.15) is 9.97 Å². The van der Waals surface area contributed by atoms with Crippen LogP contribution in [0.15, 0.2) is 67.0 Å². The summed E-state index contributed by atoms with van der Waals surface area (Å²) in [6, 6.07) is 17.9. The number of methoxy groups -OCH3 is 1. The van der Waals surface area contributed by atoms with Gasteiger partial charge in [0.2, 0.25) is 5.95 Å². The van der Waals surface area contributed by atoms with Gasteiger partial charge in [0, 0.05) is 24.6 Å². The number of rotatable bonds is 7. The number of benzene rings is 2. The molecule has 0 saturated heterocycles. The van der Waals surface area contributed by atoms with Crippen LogP contribution in [0.25, 0.3) is 11.2 Å². The third-order valence-corrected chi connectivity index (χ3v) is 4.23. The minimum absolute atomic E-state index is 0.514. The number of nitrogens with zero attached hydrogens (tertiary/aromatic N) is 4. The zero-order valence-electron chi connectivity index (χ0n) is 15.5. The lowest BCUT2D eigenvalue weighted by molar-refractivity contribution is 0.415. The standard InChI is InChI=1S/C21H20N6O/c1-28-17-9-7-16(8-10-17)25-20-18-19(23-14-13-22-18)26-21(27-20)24-12-11-15-5-3-2-4-6-15/h2-10,13-14H,11-12H2,1H3,(H2,23,24,25,26,27). The van der Waals surface area contributed by atoms with E-state index < -0.39 is 0 Å². The molecule has 0 bridgehead atoms. The summed E-state index contributed by atoms with van der Waals surface area (Å²) in [6.07, 6.45) is 4.14. The SMILES string of the molecule is COc1ccc(Nc2nc(NCCc3ccccc3)nc3nccnc23)cc1. The molecule has 0 saturated carbocycles. The molecule has 2 aromatic heterocycles. The molecule has 28 heavy (non-hydrogen) atoms. The molecule has 2 aromatic carbocycles. The molecule has 0 amide bonds. The van der Waals surface area contributed by atoms with Crippen LogP contribution in [0.4, 0.5) is 17.5 Å². The highest BCUT2D eigenvalue weighted by atomic mass is 16.5.